The van der Waals surface area contributed by atoms with E-state index < -0.39 is 11.4 Å². The Labute approximate surface area is 244 Å². The molecule has 41 heavy (non-hydrogen) atoms. The van der Waals surface area contributed by atoms with Gasteiger partial charge >= 0.3 is 5.63 Å². The minimum Gasteiger partial charge on any atom is -0.508 e. The fourth-order valence-electron chi connectivity index (χ4n) is 3.76. The number of carbonyl (C=O) groups excluding carboxylic acids is 1. The third-order valence-corrected chi connectivity index (χ3v) is 5.57. The van der Waals surface area contributed by atoms with E-state index in [1.807, 2.05) is 18.2 Å². The van der Waals surface area contributed by atoms with Gasteiger partial charge in [-0.25, -0.2) is 4.79 Å². The molecule has 3 heterocycles. The molecule has 3 aromatic carbocycles. The summed E-state index contributed by atoms with van der Waals surface area (Å²) in [5.74, 6) is -0.272. The van der Waals surface area contributed by atoms with Crippen molar-refractivity contribution in [3.8, 4) is 5.75 Å². The van der Waals surface area contributed by atoms with Crippen LogP contribution in [0.1, 0.15) is 15.9 Å². The van der Waals surface area contributed by atoms with Gasteiger partial charge in [0.15, 0.2) is 5.78 Å². The predicted molar refractivity (Wildman–Crippen MR) is 155 cm³/mol. The maximum Gasteiger partial charge on any atom is 0.347 e. The van der Waals surface area contributed by atoms with E-state index in [-0.39, 0.29) is 50.3 Å². The van der Waals surface area contributed by atoms with E-state index in [2.05, 4.69) is 34.2 Å². The van der Waals surface area contributed by atoms with Gasteiger partial charge in [-0.15, -0.1) is 0 Å². The largest absolute Gasteiger partial charge is 0.508 e. The number of ketones is 1. The Morgan fingerprint density at radius 3 is 1.83 bits per heavy atom. The molecule has 0 saturated carbocycles. The molecule has 0 amide bonds. The van der Waals surface area contributed by atoms with Crippen LogP contribution in [0.3, 0.4) is 0 Å². The Kier molecular flexibility index (Phi) is 14.5. The number of phenolic OH excluding ortho intramolecular Hbond substituents is 1. The standard InChI is InChI=1S/C18H12O4.C12H8N2.Cu.4H2O/c19-14-8-5-12(6-9-14)7-10-16(20)15-11-13-3-1-2-4-17(13)22-18(15)21;1-3-9-5-6-10-4-2-8-14-12(10)11(9)13-7-1;;;;;/h1-11,19H;1-8H;;4*1H2/b10-7+;;;;;;. The van der Waals surface area contributed by atoms with E-state index in [0.717, 1.165) is 27.4 Å². The molecule has 0 bridgehead atoms. The number of hydrogen-bond donors (Lipinski definition) is 1. The molecular formula is C30H28CuN2O8. The SMILES string of the molecule is O.O.O.O.O=C(/C=C/c1ccc(O)cc1)c1cc2ccccc2oc1=O.[Cu].c1cnc2c(c1)ccc1cccnc12. The van der Waals surface area contributed by atoms with Crippen molar-refractivity contribution in [1.82, 2.24) is 9.97 Å². The van der Waals surface area contributed by atoms with Crippen molar-refractivity contribution >= 4 is 44.6 Å². The third kappa shape index (κ3) is 8.37. The summed E-state index contributed by atoms with van der Waals surface area (Å²) in [4.78, 5) is 32.7. The van der Waals surface area contributed by atoms with Crippen molar-refractivity contribution in [2.24, 2.45) is 0 Å². The summed E-state index contributed by atoms with van der Waals surface area (Å²) in [7, 11) is 0. The number of phenols is 1. The number of allylic oxidation sites excluding steroid dienone is 1. The average molecular weight is 608 g/mol. The smallest absolute Gasteiger partial charge is 0.347 e. The minimum atomic E-state index is -0.654. The summed E-state index contributed by atoms with van der Waals surface area (Å²) < 4.78 is 5.14. The van der Waals surface area contributed by atoms with Crippen LogP contribution in [0.15, 0.2) is 119 Å². The number of para-hydroxylation sites is 1. The average Bonchev–Trinajstić information content (AvgIpc) is 2.92. The van der Waals surface area contributed by atoms with Crippen LogP contribution in [-0.4, -0.2) is 42.8 Å². The summed E-state index contributed by atoms with van der Waals surface area (Å²) in [5.41, 5.74) is 2.49. The van der Waals surface area contributed by atoms with Crippen LogP contribution in [0, 0.1) is 0 Å². The number of aromatic hydroxyl groups is 1. The third-order valence-electron chi connectivity index (χ3n) is 5.57. The van der Waals surface area contributed by atoms with Gasteiger partial charge < -0.3 is 31.4 Å². The van der Waals surface area contributed by atoms with E-state index >= 15 is 0 Å². The molecule has 6 aromatic rings. The number of pyridine rings is 2. The van der Waals surface area contributed by atoms with Gasteiger partial charge in [-0.05, 0) is 48.0 Å². The summed E-state index contributed by atoms with van der Waals surface area (Å²) in [6.07, 6.45) is 6.50. The molecule has 0 aliphatic carbocycles. The van der Waals surface area contributed by atoms with Crippen LogP contribution in [0.5, 0.6) is 5.75 Å². The Morgan fingerprint density at radius 2 is 1.24 bits per heavy atom. The van der Waals surface area contributed by atoms with Crippen LogP contribution >= 0.6 is 0 Å². The molecule has 10 nitrogen and oxygen atoms in total. The van der Waals surface area contributed by atoms with E-state index in [4.69, 9.17) is 4.42 Å². The zero-order chi connectivity index (χ0) is 24.9. The molecule has 0 unspecified atom stereocenters. The second kappa shape index (κ2) is 16.4. The first-order valence-electron chi connectivity index (χ1n) is 11.2. The number of nitrogens with zero attached hydrogens (tertiary/aromatic N) is 2. The summed E-state index contributed by atoms with van der Waals surface area (Å²) in [6.45, 7) is 0. The number of hydrogen-bond acceptors (Lipinski definition) is 6. The number of aromatic nitrogens is 2. The first kappa shape index (κ1) is 36.3. The van der Waals surface area contributed by atoms with Crippen LogP contribution in [-0.2, 0) is 17.1 Å². The molecule has 217 valence electrons. The van der Waals surface area contributed by atoms with Crippen molar-refractivity contribution in [3.05, 3.63) is 131 Å². The molecule has 0 aliphatic heterocycles. The van der Waals surface area contributed by atoms with Crippen LogP contribution < -0.4 is 5.63 Å². The zero-order valence-corrected chi connectivity index (χ0v) is 22.3. The summed E-state index contributed by atoms with van der Waals surface area (Å²) >= 11 is 0. The van der Waals surface area contributed by atoms with Crippen LogP contribution in [0.4, 0.5) is 0 Å². The normalized spacial score (nSPS) is 9.66. The van der Waals surface area contributed by atoms with E-state index in [9.17, 15) is 14.7 Å². The number of rotatable bonds is 3. The van der Waals surface area contributed by atoms with E-state index in [0.29, 0.717) is 11.0 Å². The van der Waals surface area contributed by atoms with Gasteiger partial charge in [-0.1, -0.05) is 60.7 Å². The topological polar surface area (TPSA) is 219 Å². The molecule has 0 spiro atoms. The molecule has 0 atom stereocenters. The van der Waals surface area contributed by atoms with Crippen LogP contribution in [0.2, 0.25) is 0 Å². The molecular weight excluding hydrogens is 580 g/mol. The first-order valence-corrected chi connectivity index (χ1v) is 11.2. The van der Waals surface area contributed by atoms with Crippen molar-refractivity contribution in [3.63, 3.8) is 0 Å². The fourth-order valence-corrected chi connectivity index (χ4v) is 3.76. The molecule has 0 aliphatic rings. The van der Waals surface area contributed by atoms with Crippen LogP contribution in [0.25, 0.3) is 38.9 Å². The first-order chi connectivity index (χ1) is 17.6. The molecule has 1 radical (unpaired) electrons. The molecule has 9 N–H and O–H groups in total. The second-order valence-electron chi connectivity index (χ2n) is 7.99. The quantitative estimate of drug-likeness (QED) is 0.105. The molecule has 3 aromatic heterocycles. The van der Waals surface area contributed by atoms with E-state index in [1.165, 1.54) is 24.3 Å². The zero-order valence-electron chi connectivity index (χ0n) is 21.3. The van der Waals surface area contributed by atoms with E-state index in [1.54, 1.807) is 48.8 Å². The Hall–Kier alpha value is -4.74. The maximum absolute atomic E-state index is 12.2. The Bertz CT molecular complexity index is 1750. The monoisotopic (exact) mass is 607 g/mol. The van der Waals surface area contributed by atoms with Gasteiger partial charge in [0.2, 0.25) is 0 Å². The second-order valence-corrected chi connectivity index (χ2v) is 7.99. The molecule has 0 fully saturated rings. The molecule has 6 rings (SSSR count). The van der Waals surface area contributed by atoms with Gasteiger partial charge in [0.1, 0.15) is 16.9 Å². The van der Waals surface area contributed by atoms with Gasteiger partial charge in [0, 0.05) is 45.6 Å². The van der Waals surface area contributed by atoms with Crippen molar-refractivity contribution in [2.75, 3.05) is 0 Å². The van der Waals surface area contributed by atoms with Crippen molar-refractivity contribution in [1.29, 1.82) is 0 Å². The van der Waals surface area contributed by atoms with Crippen molar-refractivity contribution < 1.29 is 53.3 Å². The molecule has 11 heteroatoms. The van der Waals surface area contributed by atoms with Gasteiger partial charge in [0.25, 0.3) is 0 Å². The maximum atomic E-state index is 12.2. The van der Waals surface area contributed by atoms with Gasteiger partial charge in [-0.2, -0.15) is 0 Å². The minimum absolute atomic E-state index is 0. The Morgan fingerprint density at radius 1 is 0.707 bits per heavy atom. The summed E-state index contributed by atoms with van der Waals surface area (Å²) in [6, 6.07) is 27.1. The Balaban J connectivity index is 0.000000742. The number of carbonyl (C=O) groups is 1. The van der Waals surface area contributed by atoms with Crippen molar-refractivity contribution in [2.45, 2.75) is 0 Å². The molecule has 0 saturated heterocycles. The van der Waals surface area contributed by atoms with Gasteiger partial charge in [0.05, 0.1) is 11.0 Å². The number of fused-ring (bicyclic) bond motifs is 4. The van der Waals surface area contributed by atoms with Gasteiger partial charge in [-0.3, -0.25) is 14.8 Å². The summed E-state index contributed by atoms with van der Waals surface area (Å²) in [5, 5.41) is 12.2. The predicted octanol–water partition coefficient (Wildman–Crippen LogP) is 2.88. The fraction of sp³-hybridized carbons (Fsp3) is 0. The number of benzene rings is 3.